The molecule has 0 bridgehead atoms. The molecule has 1 aromatic carbocycles. The summed E-state index contributed by atoms with van der Waals surface area (Å²) in [7, 11) is 0. The van der Waals surface area contributed by atoms with Crippen LogP contribution in [0.5, 0.6) is 0 Å². The normalized spacial score (nSPS) is 10.8. The van der Waals surface area contributed by atoms with Gasteiger partial charge in [0.05, 0.1) is 17.3 Å². The molecule has 0 aliphatic carbocycles. The van der Waals surface area contributed by atoms with Crippen molar-refractivity contribution >= 4 is 11.6 Å². The van der Waals surface area contributed by atoms with Crippen molar-refractivity contribution in [1.29, 1.82) is 0 Å². The number of rotatable bonds is 4. The van der Waals surface area contributed by atoms with Crippen LogP contribution in [-0.4, -0.2) is 26.7 Å². The zero-order valence-electron chi connectivity index (χ0n) is 8.98. The Bertz CT molecular complexity index is 515. The summed E-state index contributed by atoms with van der Waals surface area (Å²) in [6.07, 6.45) is 2.12. The molecule has 0 saturated carbocycles. The van der Waals surface area contributed by atoms with Crippen molar-refractivity contribution in [3.63, 3.8) is 0 Å². The van der Waals surface area contributed by atoms with E-state index in [9.17, 15) is 4.39 Å². The number of nitrogens with zero attached hydrogens (tertiary/aromatic N) is 3. The minimum atomic E-state index is -0.437. The van der Waals surface area contributed by atoms with Crippen LogP contribution in [0, 0.1) is 5.82 Å². The van der Waals surface area contributed by atoms with Crippen LogP contribution in [0.25, 0.3) is 0 Å². The van der Waals surface area contributed by atoms with Crippen molar-refractivity contribution in [1.82, 2.24) is 15.0 Å². The maximum atomic E-state index is 13.6. The van der Waals surface area contributed by atoms with Crippen LogP contribution < -0.4 is 0 Å². The molecule has 2 rings (SSSR count). The molecule has 0 aliphatic rings. The molecule has 1 N–H and O–H groups in total. The van der Waals surface area contributed by atoms with Crippen LogP contribution in [0.2, 0.25) is 5.02 Å². The van der Waals surface area contributed by atoms with E-state index >= 15 is 0 Å². The topological polar surface area (TPSA) is 50.9 Å². The fourth-order valence-electron chi connectivity index (χ4n) is 1.49. The minimum Gasteiger partial charge on any atom is -0.396 e. The first-order valence-electron chi connectivity index (χ1n) is 5.13. The summed E-state index contributed by atoms with van der Waals surface area (Å²) in [5, 5.41) is 16.5. The Hall–Kier alpha value is -1.46. The average Bonchev–Trinajstić information content (AvgIpc) is 2.73. The van der Waals surface area contributed by atoms with Gasteiger partial charge in [-0.2, -0.15) is 0 Å². The molecule has 0 aliphatic heterocycles. The average molecular weight is 256 g/mol. The van der Waals surface area contributed by atoms with E-state index in [1.165, 1.54) is 10.7 Å². The summed E-state index contributed by atoms with van der Waals surface area (Å²) in [4.78, 5) is 0. The van der Waals surface area contributed by atoms with Crippen LogP contribution in [-0.2, 0) is 13.0 Å². The van der Waals surface area contributed by atoms with Gasteiger partial charge in [0.2, 0.25) is 0 Å². The van der Waals surface area contributed by atoms with Crippen molar-refractivity contribution in [3.05, 3.63) is 46.5 Å². The van der Waals surface area contributed by atoms with Gasteiger partial charge in [0.1, 0.15) is 5.82 Å². The number of hydrogen-bond donors (Lipinski definition) is 1. The maximum Gasteiger partial charge on any atom is 0.146 e. The Morgan fingerprint density at radius 2 is 2.24 bits per heavy atom. The molecule has 0 fully saturated rings. The number of aliphatic hydroxyl groups is 1. The van der Waals surface area contributed by atoms with Crippen molar-refractivity contribution < 1.29 is 9.50 Å². The van der Waals surface area contributed by atoms with Crippen LogP contribution in [0.4, 0.5) is 4.39 Å². The standard InChI is InChI=1S/C11H11ClFN3O/c12-10-3-1-2-8(11(10)13)6-16-7-9(4-5-17)14-15-16/h1-3,7,17H,4-6H2. The number of benzene rings is 1. The molecule has 0 atom stereocenters. The van der Waals surface area contributed by atoms with Gasteiger partial charge in [0.15, 0.2) is 0 Å². The van der Waals surface area contributed by atoms with Crippen LogP contribution in [0.3, 0.4) is 0 Å². The molecule has 1 aromatic heterocycles. The number of halogens is 2. The molecule has 6 heteroatoms. The number of hydrogen-bond acceptors (Lipinski definition) is 3. The van der Waals surface area contributed by atoms with Gasteiger partial charge in [-0.1, -0.05) is 28.9 Å². The third-order valence-corrected chi connectivity index (χ3v) is 2.61. The van der Waals surface area contributed by atoms with Crippen LogP contribution in [0.15, 0.2) is 24.4 Å². The second-order valence-electron chi connectivity index (χ2n) is 3.59. The van der Waals surface area contributed by atoms with Gasteiger partial charge >= 0.3 is 0 Å². The Balaban J connectivity index is 2.16. The zero-order chi connectivity index (χ0) is 12.3. The lowest BCUT2D eigenvalue weighted by Gasteiger charge is -2.03. The largest absolute Gasteiger partial charge is 0.396 e. The van der Waals surface area contributed by atoms with E-state index in [0.717, 1.165) is 0 Å². The highest BCUT2D eigenvalue weighted by atomic mass is 35.5. The highest BCUT2D eigenvalue weighted by Crippen LogP contribution is 2.18. The lowest BCUT2D eigenvalue weighted by molar-refractivity contribution is 0.298. The van der Waals surface area contributed by atoms with Crippen molar-refractivity contribution in [3.8, 4) is 0 Å². The fraction of sp³-hybridized carbons (Fsp3) is 0.273. The van der Waals surface area contributed by atoms with E-state index in [2.05, 4.69) is 10.3 Å². The van der Waals surface area contributed by atoms with Gasteiger partial charge in [0.25, 0.3) is 0 Å². The van der Waals surface area contributed by atoms with Gasteiger partial charge in [-0.25, -0.2) is 9.07 Å². The van der Waals surface area contributed by atoms with E-state index in [1.54, 1.807) is 18.3 Å². The van der Waals surface area contributed by atoms with Gasteiger partial charge in [-0.3, -0.25) is 0 Å². The predicted molar refractivity (Wildman–Crippen MR) is 61.3 cm³/mol. The fourth-order valence-corrected chi connectivity index (χ4v) is 1.68. The van der Waals surface area contributed by atoms with Gasteiger partial charge < -0.3 is 5.11 Å². The van der Waals surface area contributed by atoms with Crippen molar-refractivity contribution in [2.24, 2.45) is 0 Å². The molecule has 90 valence electrons. The Morgan fingerprint density at radius 3 is 3.00 bits per heavy atom. The first-order valence-corrected chi connectivity index (χ1v) is 5.51. The van der Waals surface area contributed by atoms with E-state index in [-0.39, 0.29) is 18.2 Å². The lowest BCUT2D eigenvalue weighted by atomic mass is 10.2. The first-order chi connectivity index (χ1) is 8.20. The Kier molecular flexibility index (Phi) is 3.71. The van der Waals surface area contributed by atoms with E-state index < -0.39 is 5.82 Å². The van der Waals surface area contributed by atoms with Crippen LogP contribution >= 0.6 is 11.6 Å². The Morgan fingerprint density at radius 1 is 1.41 bits per heavy atom. The summed E-state index contributed by atoms with van der Waals surface area (Å²) in [5.41, 5.74) is 1.13. The summed E-state index contributed by atoms with van der Waals surface area (Å²) < 4.78 is 15.1. The third-order valence-electron chi connectivity index (χ3n) is 2.32. The second kappa shape index (κ2) is 5.25. The van der Waals surface area contributed by atoms with Crippen molar-refractivity contribution in [2.45, 2.75) is 13.0 Å². The Labute approximate surface area is 103 Å². The maximum absolute atomic E-state index is 13.6. The van der Waals surface area contributed by atoms with E-state index in [0.29, 0.717) is 17.7 Å². The molecular weight excluding hydrogens is 245 g/mol. The van der Waals surface area contributed by atoms with Crippen LogP contribution in [0.1, 0.15) is 11.3 Å². The SMILES string of the molecule is OCCc1cn(Cc2cccc(Cl)c2F)nn1. The van der Waals surface area contributed by atoms with Gasteiger partial charge in [0, 0.05) is 24.8 Å². The molecule has 0 radical (unpaired) electrons. The number of aliphatic hydroxyl groups excluding tert-OH is 1. The second-order valence-corrected chi connectivity index (χ2v) is 4.00. The first kappa shape index (κ1) is 12.0. The molecule has 0 spiro atoms. The lowest BCUT2D eigenvalue weighted by Crippen LogP contribution is -2.03. The number of aromatic nitrogens is 3. The van der Waals surface area contributed by atoms with Gasteiger partial charge in [-0.05, 0) is 6.07 Å². The van der Waals surface area contributed by atoms with E-state index in [4.69, 9.17) is 16.7 Å². The highest BCUT2D eigenvalue weighted by Gasteiger charge is 2.08. The predicted octanol–water partition coefficient (Wildman–Crippen LogP) is 1.65. The van der Waals surface area contributed by atoms with Gasteiger partial charge in [-0.15, -0.1) is 5.10 Å². The van der Waals surface area contributed by atoms with E-state index in [1.807, 2.05) is 0 Å². The highest BCUT2D eigenvalue weighted by molar-refractivity contribution is 6.30. The molecular formula is C11H11ClFN3O. The smallest absolute Gasteiger partial charge is 0.146 e. The molecule has 0 saturated heterocycles. The summed E-state index contributed by atoms with van der Waals surface area (Å²) in [6.45, 7) is 0.287. The molecule has 1 heterocycles. The zero-order valence-corrected chi connectivity index (χ0v) is 9.73. The minimum absolute atomic E-state index is 0.0181. The molecule has 0 unspecified atom stereocenters. The summed E-state index contributed by atoms with van der Waals surface area (Å²) in [6, 6.07) is 4.83. The molecule has 2 aromatic rings. The quantitative estimate of drug-likeness (QED) is 0.904. The third kappa shape index (κ3) is 2.81. The summed E-state index contributed by atoms with van der Waals surface area (Å²) >= 11 is 5.68. The monoisotopic (exact) mass is 255 g/mol. The summed E-state index contributed by atoms with van der Waals surface area (Å²) in [5.74, 6) is -0.437. The molecule has 4 nitrogen and oxygen atoms in total. The van der Waals surface area contributed by atoms with Crippen molar-refractivity contribution in [2.75, 3.05) is 6.61 Å². The molecule has 17 heavy (non-hydrogen) atoms. The molecule has 0 amide bonds.